The summed E-state index contributed by atoms with van der Waals surface area (Å²) in [6.45, 7) is 7.74. The number of amides is 1. The van der Waals surface area contributed by atoms with Gasteiger partial charge in [0.25, 0.3) is 5.91 Å². The fraction of sp³-hybridized carbons (Fsp3) is 0.750. The Morgan fingerprint density at radius 2 is 2.05 bits per heavy atom. The van der Waals surface area contributed by atoms with Crippen molar-refractivity contribution in [3.63, 3.8) is 0 Å². The minimum absolute atomic E-state index is 0.0116. The molecule has 2 saturated heterocycles. The second kappa shape index (κ2) is 5.13. The van der Waals surface area contributed by atoms with E-state index in [0.717, 1.165) is 26.2 Å². The maximum absolute atomic E-state index is 12.4. The standard InChI is InChI=1S/C12H19N5OS/c1-8-5-16(6-9(2)19-8)12(18)11-7-17(15-14-11)10-3-13-4-10/h7-10,13H,3-6H2,1-2H3. The molecule has 3 heterocycles. The molecule has 7 heteroatoms. The van der Waals surface area contributed by atoms with Crippen LogP contribution < -0.4 is 5.32 Å². The Balaban J connectivity index is 1.70. The molecular weight excluding hydrogens is 262 g/mol. The molecule has 0 spiro atoms. The van der Waals surface area contributed by atoms with Crippen molar-refractivity contribution >= 4 is 17.7 Å². The van der Waals surface area contributed by atoms with Crippen molar-refractivity contribution in [3.05, 3.63) is 11.9 Å². The van der Waals surface area contributed by atoms with Crippen molar-refractivity contribution in [2.24, 2.45) is 0 Å². The molecular formula is C12H19N5OS. The topological polar surface area (TPSA) is 63.1 Å². The van der Waals surface area contributed by atoms with Gasteiger partial charge in [0.05, 0.1) is 12.2 Å². The lowest BCUT2D eigenvalue weighted by Gasteiger charge is -2.34. The van der Waals surface area contributed by atoms with Gasteiger partial charge in [-0.15, -0.1) is 5.10 Å². The average Bonchev–Trinajstić information content (AvgIpc) is 2.73. The van der Waals surface area contributed by atoms with Crippen LogP contribution in [0.15, 0.2) is 6.20 Å². The van der Waals surface area contributed by atoms with Crippen LogP contribution in [0, 0.1) is 0 Å². The number of nitrogens with zero attached hydrogens (tertiary/aromatic N) is 4. The Bertz CT molecular complexity index is 462. The maximum Gasteiger partial charge on any atom is 0.276 e. The quantitative estimate of drug-likeness (QED) is 0.849. The van der Waals surface area contributed by atoms with Gasteiger partial charge in [0.1, 0.15) is 0 Å². The van der Waals surface area contributed by atoms with E-state index >= 15 is 0 Å². The van der Waals surface area contributed by atoms with Gasteiger partial charge in [-0.2, -0.15) is 11.8 Å². The molecule has 2 aliphatic heterocycles. The first-order valence-corrected chi connectivity index (χ1v) is 7.65. The van der Waals surface area contributed by atoms with Gasteiger partial charge in [-0.05, 0) is 0 Å². The first-order chi connectivity index (χ1) is 9.13. The van der Waals surface area contributed by atoms with E-state index in [1.165, 1.54) is 0 Å². The second-order valence-corrected chi connectivity index (χ2v) is 7.24. The van der Waals surface area contributed by atoms with E-state index in [1.54, 1.807) is 10.9 Å². The highest BCUT2D eigenvalue weighted by Gasteiger charge is 2.29. The Hall–Kier alpha value is -1.08. The molecule has 1 N–H and O–H groups in total. The van der Waals surface area contributed by atoms with E-state index in [1.807, 2.05) is 16.7 Å². The number of aromatic nitrogens is 3. The Labute approximate surface area is 116 Å². The molecule has 19 heavy (non-hydrogen) atoms. The summed E-state index contributed by atoms with van der Waals surface area (Å²) >= 11 is 1.94. The van der Waals surface area contributed by atoms with Crippen LogP contribution >= 0.6 is 11.8 Å². The zero-order chi connectivity index (χ0) is 13.4. The van der Waals surface area contributed by atoms with Crippen LogP contribution in [-0.2, 0) is 0 Å². The monoisotopic (exact) mass is 281 g/mol. The molecule has 0 radical (unpaired) electrons. The van der Waals surface area contributed by atoms with Crippen molar-refractivity contribution in [2.45, 2.75) is 30.4 Å². The molecule has 1 aromatic rings. The summed E-state index contributed by atoms with van der Waals surface area (Å²) in [5.74, 6) is 0.0116. The minimum atomic E-state index is 0.0116. The summed E-state index contributed by atoms with van der Waals surface area (Å²) in [7, 11) is 0. The summed E-state index contributed by atoms with van der Waals surface area (Å²) in [5, 5.41) is 12.3. The third-order valence-electron chi connectivity index (χ3n) is 3.57. The number of hydrogen-bond acceptors (Lipinski definition) is 5. The summed E-state index contributed by atoms with van der Waals surface area (Å²) < 4.78 is 1.80. The van der Waals surface area contributed by atoms with Crippen molar-refractivity contribution in [3.8, 4) is 0 Å². The highest BCUT2D eigenvalue weighted by Crippen LogP contribution is 2.25. The Morgan fingerprint density at radius 1 is 1.37 bits per heavy atom. The number of carbonyl (C=O) groups excluding carboxylic acids is 1. The zero-order valence-corrected chi connectivity index (χ0v) is 12.1. The van der Waals surface area contributed by atoms with Crippen LogP contribution in [0.3, 0.4) is 0 Å². The third-order valence-corrected chi connectivity index (χ3v) is 4.80. The fourth-order valence-corrected chi connectivity index (χ4v) is 3.84. The van der Waals surface area contributed by atoms with E-state index in [-0.39, 0.29) is 5.91 Å². The molecule has 1 amide bonds. The molecule has 1 aromatic heterocycles. The van der Waals surface area contributed by atoms with Crippen molar-refractivity contribution in [2.75, 3.05) is 26.2 Å². The molecule has 0 saturated carbocycles. The van der Waals surface area contributed by atoms with E-state index in [0.29, 0.717) is 22.2 Å². The lowest BCUT2D eigenvalue weighted by Crippen LogP contribution is -2.44. The highest BCUT2D eigenvalue weighted by molar-refractivity contribution is 8.00. The van der Waals surface area contributed by atoms with Crippen LogP contribution in [0.5, 0.6) is 0 Å². The number of carbonyl (C=O) groups is 1. The summed E-state index contributed by atoms with van der Waals surface area (Å²) in [6.07, 6.45) is 1.78. The van der Waals surface area contributed by atoms with E-state index < -0.39 is 0 Å². The van der Waals surface area contributed by atoms with Gasteiger partial charge in [0.2, 0.25) is 0 Å². The molecule has 0 bridgehead atoms. The number of rotatable bonds is 2. The Kier molecular flexibility index (Phi) is 3.49. The van der Waals surface area contributed by atoms with Gasteiger partial charge in [0.15, 0.2) is 5.69 Å². The predicted octanol–water partition coefficient (Wildman–Crippen LogP) is 0.388. The SMILES string of the molecule is CC1CN(C(=O)c2cn(C3CNC3)nn2)CC(C)S1. The van der Waals surface area contributed by atoms with Gasteiger partial charge < -0.3 is 10.2 Å². The molecule has 6 nitrogen and oxygen atoms in total. The van der Waals surface area contributed by atoms with Crippen molar-refractivity contribution < 1.29 is 4.79 Å². The summed E-state index contributed by atoms with van der Waals surface area (Å²) in [6, 6.07) is 0.351. The molecule has 0 aliphatic carbocycles. The van der Waals surface area contributed by atoms with Crippen LogP contribution in [0.25, 0.3) is 0 Å². The lowest BCUT2D eigenvalue weighted by molar-refractivity contribution is 0.0747. The van der Waals surface area contributed by atoms with E-state index in [4.69, 9.17) is 0 Å². The first kappa shape index (κ1) is 12.9. The smallest absolute Gasteiger partial charge is 0.276 e. The molecule has 2 fully saturated rings. The zero-order valence-electron chi connectivity index (χ0n) is 11.2. The fourth-order valence-electron chi connectivity index (χ4n) is 2.52. The minimum Gasteiger partial charge on any atom is -0.335 e. The summed E-state index contributed by atoms with van der Waals surface area (Å²) in [5.41, 5.74) is 0.471. The van der Waals surface area contributed by atoms with Gasteiger partial charge in [-0.25, -0.2) is 4.68 Å². The van der Waals surface area contributed by atoms with Gasteiger partial charge in [-0.1, -0.05) is 19.1 Å². The third kappa shape index (κ3) is 2.62. The highest BCUT2D eigenvalue weighted by atomic mass is 32.2. The molecule has 2 atom stereocenters. The average molecular weight is 281 g/mol. The largest absolute Gasteiger partial charge is 0.335 e. The number of thioether (sulfide) groups is 1. The molecule has 2 aliphatic rings. The van der Waals surface area contributed by atoms with Crippen LogP contribution in [-0.4, -0.2) is 62.5 Å². The van der Waals surface area contributed by atoms with Crippen LogP contribution in [0.4, 0.5) is 0 Å². The lowest BCUT2D eigenvalue weighted by atomic mass is 10.2. The predicted molar refractivity (Wildman–Crippen MR) is 74.3 cm³/mol. The Morgan fingerprint density at radius 3 is 2.63 bits per heavy atom. The maximum atomic E-state index is 12.4. The normalized spacial score (nSPS) is 28.2. The van der Waals surface area contributed by atoms with E-state index in [2.05, 4.69) is 29.5 Å². The van der Waals surface area contributed by atoms with Crippen LogP contribution in [0.2, 0.25) is 0 Å². The second-order valence-electron chi connectivity index (χ2n) is 5.36. The van der Waals surface area contributed by atoms with E-state index in [9.17, 15) is 4.79 Å². The molecule has 2 unspecified atom stereocenters. The van der Waals surface area contributed by atoms with Crippen molar-refractivity contribution in [1.29, 1.82) is 0 Å². The van der Waals surface area contributed by atoms with Gasteiger partial charge >= 0.3 is 0 Å². The molecule has 3 rings (SSSR count). The number of hydrogen-bond donors (Lipinski definition) is 1. The van der Waals surface area contributed by atoms with Gasteiger partial charge in [0, 0.05) is 36.7 Å². The molecule has 104 valence electrons. The molecule has 0 aromatic carbocycles. The van der Waals surface area contributed by atoms with Crippen LogP contribution in [0.1, 0.15) is 30.4 Å². The first-order valence-electron chi connectivity index (χ1n) is 6.71. The number of nitrogens with one attached hydrogen (secondary N) is 1. The van der Waals surface area contributed by atoms with Crippen molar-refractivity contribution in [1.82, 2.24) is 25.2 Å². The summed E-state index contributed by atoms with van der Waals surface area (Å²) in [4.78, 5) is 14.3. The van der Waals surface area contributed by atoms with Gasteiger partial charge in [-0.3, -0.25) is 4.79 Å².